The van der Waals surface area contributed by atoms with Crippen molar-refractivity contribution in [2.75, 3.05) is 6.67 Å². The van der Waals surface area contributed by atoms with Gasteiger partial charge in [-0.15, -0.1) is 0 Å². The lowest BCUT2D eigenvalue weighted by molar-refractivity contribution is -0.209. The molecule has 150 valence electrons. The molecule has 28 heavy (non-hydrogen) atoms. The summed E-state index contributed by atoms with van der Waals surface area (Å²) < 4.78 is 72.1. The van der Waals surface area contributed by atoms with E-state index in [9.17, 15) is 22.0 Å². The quantitative estimate of drug-likeness (QED) is 0.343. The van der Waals surface area contributed by atoms with Crippen molar-refractivity contribution in [1.29, 1.82) is 0 Å². The summed E-state index contributed by atoms with van der Waals surface area (Å²) in [4.78, 5) is 3.87. The summed E-state index contributed by atoms with van der Waals surface area (Å²) in [6.07, 6.45) is -6.77. The Kier molecular flexibility index (Phi) is 6.29. The largest absolute Gasteiger partial charge is 0.452 e. The molecule has 0 radical (unpaired) electrons. The van der Waals surface area contributed by atoms with Crippen LogP contribution in [0.5, 0.6) is 0 Å². The summed E-state index contributed by atoms with van der Waals surface area (Å²) >= 11 is 4.99. The van der Waals surface area contributed by atoms with Crippen molar-refractivity contribution >= 4 is 23.1 Å². The Hall–Kier alpha value is -2.67. The highest BCUT2D eigenvalue weighted by atomic mass is 32.1. The predicted molar refractivity (Wildman–Crippen MR) is 98.6 cm³/mol. The fourth-order valence-corrected chi connectivity index (χ4v) is 2.86. The topological polar surface area (TPSA) is 73.6 Å². The third-order valence-electron chi connectivity index (χ3n) is 3.85. The summed E-state index contributed by atoms with van der Waals surface area (Å²) in [5.41, 5.74) is 8.86. The Morgan fingerprint density at radius 1 is 1.46 bits per heavy atom. The molecular formula is C18H16F5N3OS. The molecule has 0 unspecified atom stereocenters. The zero-order valence-corrected chi connectivity index (χ0v) is 15.4. The molecular weight excluding hydrogens is 401 g/mol. The second kappa shape index (κ2) is 8.14. The SMILES string of the molecule is CC(N)=CC(=S)C#Cc1ccc(F)c([C@]2(CF)C[C@@H](C(F)(F)F)OC(N)=N2)c1. The Balaban J connectivity index is 2.50. The van der Waals surface area contributed by atoms with Crippen LogP contribution in [0.3, 0.4) is 0 Å². The highest BCUT2D eigenvalue weighted by Gasteiger charge is 2.52. The molecule has 1 heterocycles. The number of hydrogen-bond acceptors (Lipinski definition) is 5. The van der Waals surface area contributed by atoms with Crippen LogP contribution in [0.1, 0.15) is 24.5 Å². The van der Waals surface area contributed by atoms with Crippen molar-refractivity contribution in [3.63, 3.8) is 0 Å². The molecule has 4 nitrogen and oxygen atoms in total. The van der Waals surface area contributed by atoms with E-state index >= 15 is 0 Å². The molecule has 0 bridgehead atoms. The number of amidine groups is 1. The molecule has 0 aromatic heterocycles. The normalized spacial score (nSPS) is 22.6. The summed E-state index contributed by atoms with van der Waals surface area (Å²) in [5.74, 6) is 4.29. The fraction of sp³-hybridized carbons (Fsp3) is 0.333. The highest BCUT2D eigenvalue weighted by molar-refractivity contribution is 7.81. The standard InChI is InChI=1S/C18H16F5N3OS/c1-10(24)6-12(28)4-2-11-3-5-14(20)13(7-11)17(9-19)8-15(18(21,22)23)27-16(25)26-17/h3,5-7,15H,8-9,24H2,1H3,(H2,25,26)/t15-,17+/m0/s1. The Morgan fingerprint density at radius 3 is 2.71 bits per heavy atom. The lowest BCUT2D eigenvalue weighted by atomic mass is 9.84. The fourth-order valence-electron chi connectivity index (χ4n) is 2.62. The maximum absolute atomic E-state index is 14.4. The van der Waals surface area contributed by atoms with Crippen molar-refractivity contribution in [3.8, 4) is 11.8 Å². The first-order valence-corrected chi connectivity index (χ1v) is 8.32. The van der Waals surface area contributed by atoms with E-state index < -0.39 is 48.3 Å². The Morgan fingerprint density at radius 2 is 2.14 bits per heavy atom. The summed E-state index contributed by atoms with van der Waals surface area (Å²) in [6, 6.07) is 2.51. The Bertz CT molecular complexity index is 897. The number of allylic oxidation sites excluding steroid dienone is 2. The second-order valence-electron chi connectivity index (χ2n) is 6.16. The molecule has 2 atom stereocenters. The first kappa shape index (κ1) is 21.6. The van der Waals surface area contributed by atoms with E-state index in [1.807, 2.05) is 0 Å². The van der Waals surface area contributed by atoms with E-state index in [1.165, 1.54) is 12.1 Å². The number of hydrogen-bond donors (Lipinski definition) is 2. The van der Waals surface area contributed by atoms with Crippen molar-refractivity contribution in [3.05, 3.63) is 46.9 Å². The van der Waals surface area contributed by atoms with E-state index in [4.69, 9.17) is 23.7 Å². The van der Waals surface area contributed by atoms with Crippen molar-refractivity contribution < 1.29 is 26.7 Å². The van der Waals surface area contributed by atoms with Crippen LogP contribution in [-0.2, 0) is 10.3 Å². The average Bonchev–Trinajstić information content (AvgIpc) is 2.59. The monoisotopic (exact) mass is 417 g/mol. The molecule has 0 fully saturated rings. The van der Waals surface area contributed by atoms with Crippen LogP contribution in [-0.4, -0.2) is 29.8 Å². The minimum absolute atomic E-state index is 0.205. The van der Waals surface area contributed by atoms with E-state index in [2.05, 4.69) is 21.6 Å². The van der Waals surface area contributed by atoms with E-state index in [1.54, 1.807) is 6.92 Å². The first-order chi connectivity index (χ1) is 13.0. The molecule has 10 heteroatoms. The molecule has 0 saturated heterocycles. The summed E-state index contributed by atoms with van der Waals surface area (Å²) in [7, 11) is 0. The number of thiocarbonyl (C=S) groups is 1. The van der Waals surface area contributed by atoms with Crippen LogP contribution >= 0.6 is 12.2 Å². The minimum Gasteiger partial charge on any atom is -0.452 e. The van der Waals surface area contributed by atoms with Gasteiger partial charge in [0.2, 0.25) is 0 Å². The molecule has 1 aromatic carbocycles. The van der Waals surface area contributed by atoms with Gasteiger partial charge in [0.05, 0.1) is 4.86 Å². The molecule has 1 aromatic rings. The summed E-state index contributed by atoms with van der Waals surface area (Å²) in [5, 5.41) is 0. The molecule has 0 saturated carbocycles. The van der Waals surface area contributed by atoms with Gasteiger partial charge in [-0.05, 0) is 37.1 Å². The third kappa shape index (κ3) is 4.98. The van der Waals surface area contributed by atoms with Gasteiger partial charge in [-0.25, -0.2) is 13.8 Å². The number of alkyl halides is 4. The van der Waals surface area contributed by atoms with Gasteiger partial charge in [-0.3, -0.25) is 0 Å². The molecule has 0 spiro atoms. The van der Waals surface area contributed by atoms with Gasteiger partial charge >= 0.3 is 6.18 Å². The van der Waals surface area contributed by atoms with Crippen LogP contribution in [0, 0.1) is 17.7 Å². The molecule has 1 aliphatic rings. The smallest absolute Gasteiger partial charge is 0.425 e. The Labute approximate surface area is 163 Å². The first-order valence-electron chi connectivity index (χ1n) is 7.91. The summed E-state index contributed by atoms with van der Waals surface area (Å²) in [6.45, 7) is 0.199. The van der Waals surface area contributed by atoms with Crippen molar-refractivity contribution in [1.82, 2.24) is 0 Å². The van der Waals surface area contributed by atoms with E-state index in [0.717, 1.165) is 12.1 Å². The molecule has 0 aliphatic carbocycles. The lowest BCUT2D eigenvalue weighted by Crippen LogP contribution is -2.48. The van der Waals surface area contributed by atoms with Gasteiger partial charge in [0.25, 0.3) is 6.02 Å². The molecule has 1 aliphatic heterocycles. The molecule has 4 N–H and O–H groups in total. The maximum Gasteiger partial charge on any atom is 0.425 e. The van der Waals surface area contributed by atoms with Crippen LogP contribution in [0.4, 0.5) is 22.0 Å². The molecule has 2 rings (SSSR count). The predicted octanol–water partition coefficient (Wildman–Crippen LogP) is 3.24. The van der Waals surface area contributed by atoms with Crippen LogP contribution in [0.15, 0.2) is 35.0 Å². The third-order valence-corrected chi connectivity index (χ3v) is 4.07. The number of ether oxygens (including phenoxy) is 1. The van der Waals surface area contributed by atoms with Crippen LogP contribution in [0.25, 0.3) is 0 Å². The van der Waals surface area contributed by atoms with Gasteiger partial charge < -0.3 is 16.2 Å². The van der Waals surface area contributed by atoms with Gasteiger partial charge in [0, 0.05) is 23.2 Å². The van der Waals surface area contributed by atoms with Gasteiger partial charge in [0.15, 0.2) is 6.10 Å². The van der Waals surface area contributed by atoms with E-state index in [0.29, 0.717) is 5.70 Å². The van der Waals surface area contributed by atoms with Gasteiger partial charge in [0.1, 0.15) is 18.0 Å². The minimum atomic E-state index is -4.83. The van der Waals surface area contributed by atoms with Crippen LogP contribution in [0.2, 0.25) is 0 Å². The number of halogens is 5. The maximum atomic E-state index is 14.4. The van der Waals surface area contributed by atoms with Gasteiger partial charge in [-0.2, -0.15) is 13.2 Å². The number of benzene rings is 1. The lowest BCUT2D eigenvalue weighted by Gasteiger charge is -2.36. The number of rotatable bonds is 3. The average molecular weight is 417 g/mol. The van der Waals surface area contributed by atoms with Crippen LogP contribution < -0.4 is 11.5 Å². The zero-order valence-electron chi connectivity index (χ0n) is 14.6. The van der Waals surface area contributed by atoms with E-state index in [-0.39, 0.29) is 10.4 Å². The molecule has 0 amide bonds. The second-order valence-corrected chi connectivity index (χ2v) is 6.60. The number of nitrogens with two attached hydrogens (primary N) is 2. The highest BCUT2D eigenvalue weighted by Crippen LogP contribution is 2.41. The zero-order chi connectivity index (χ0) is 21.1. The number of aliphatic imine (C=N–C) groups is 1. The van der Waals surface area contributed by atoms with Crippen molar-refractivity contribution in [2.45, 2.75) is 31.2 Å². The number of nitrogens with zero attached hydrogens (tertiary/aromatic N) is 1. The van der Waals surface area contributed by atoms with Crippen molar-refractivity contribution in [2.24, 2.45) is 16.5 Å². The van der Waals surface area contributed by atoms with Gasteiger partial charge in [-0.1, -0.05) is 18.1 Å².